The van der Waals surface area contributed by atoms with E-state index in [0.717, 1.165) is 32.4 Å². The molecule has 1 aliphatic heterocycles. The van der Waals surface area contributed by atoms with Crippen LogP contribution in [-0.4, -0.2) is 49.2 Å². The molecular weight excluding hydrogens is 304 g/mol. The van der Waals surface area contributed by atoms with Gasteiger partial charge >= 0.3 is 0 Å². The van der Waals surface area contributed by atoms with Gasteiger partial charge in [-0.1, -0.05) is 12.2 Å². The van der Waals surface area contributed by atoms with E-state index in [2.05, 4.69) is 17.1 Å². The first kappa shape index (κ1) is 17.0. The van der Waals surface area contributed by atoms with Gasteiger partial charge in [-0.05, 0) is 43.6 Å². The number of ether oxygens (including phenoxy) is 2. The maximum atomic E-state index is 12.9. The molecule has 0 radical (unpaired) electrons. The minimum atomic E-state index is 0.0858. The van der Waals surface area contributed by atoms with Gasteiger partial charge in [-0.2, -0.15) is 0 Å². The van der Waals surface area contributed by atoms with Gasteiger partial charge in [-0.15, -0.1) is 0 Å². The first-order valence-corrected chi connectivity index (χ1v) is 8.75. The molecule has 5 nitrogen and oxygen atoms in total. The van der Waals surface area contributed by atoms with Crippen molar-refractivity contribution in [2.24, 2.45) is 5.41 Å². The Kier molecular flexibility index (Phi) is 5.51. The van der Waals surface area contributed by atoms with E-state index in [1.807, 2.05) is 4.90 Å². The number of methoxy groups -OCH3 is 1. The number of pyridine rings is 1. The summed E-state index contributed by atoms with van der Waals surface area (Å²) in [5.74, 6) is 0.563. The highest BCUT2D eigenvalue weighted by Crippen LogP contribution is 2.41. The van der Waals surface area contributed by atoms with Gasteiger partial charge in [-0.3, -0.25) is 4.79 Å². The highest BCUT2D eigenvalue weighted by Gasteiger charge is 2.37. The number of aromatic nitrogens is 1. The van der Waals surface area contributed by atoms with Gasteiger partial charge in [0.05, 0.1) is 6.61 Å². The molecule has 24 heavy (non-hydrogen) atoms. The Morgan fingerprint density at radius 3 is 3.04 bits per heavy atom. The van der Waals surface area contributed by atoms with E-state index in [1.54, 1.807) is 25.4 Å². The van der Waals surface area contributed by atoms with E-state index >= 15 is 0 Å². The zero-order chi connectivity index (χ0) is 16.8. The number of amides is 1. The monoisotopic (exact) mass is 330 g/mol. The molecular formula is C19H26N2O3. The number of piperidine rings is 1. The van der Waals surface area contributed by atoms with Crippen LogP contribution >= 0.6 is 0 Å². The smallest absolute Gasteiger partial charge is 0.254 e. The summed E-state index contributed by atoms with van der Waals surface area (Å²) in [6.45, 7) is 2.63. The lowest BCUT2D eigenvalue weighted by molar-refractivity contribution is 0.0484. The van der Waals surface area contributed by atoms with Crippen LogP contribution < -0.4 is 4.74 Å². The van der Waals surface area contributed by atoms with Crippen LogP contribution in [0.15, 0.2) is 30.5 Å². The molecule has 0 aromatic carbocycles. The zero-order valence-corrected chi connectivity index (χ0v) is 14.4. The van der Waals surface area contributed by atoms with Crippen molar-refractivity contribution < 1.29 is 14.3 Å². The largest absolute Gasteiger partial charge is 0.475 e. The second-order valence-corrected chi connectivity index (χ2v) is 6.77. The number of allylic oxidation sites excluding steroid dienone is 2. The fraction of sp³-hybridized carbons (Fsp3) is 0.579. The van der Waals surface area contributed by atoms with Crippen LogP contribution in [0.5, 0.6) is 5.88 Å². The maximum Gasteiger partial charge on any atom is 0.254 e. The molecule has 0 saturated carbocycles. The third-order valence-electron chi connectivity index (χ3n) is 5.03. The molecule has 1 aromatic heterocycles. The number of rotatable bonds is 5. The minimum Gasteiger partial charge on any atom is -0.475 e. The fourth-order valence-electron chi connectivity index (χ4n) is 3.73. The summed E-state index contributed by atoms with van der Waals surface area (Å²) in [4.78, 5) is 19.1. The highest BCUT2D eigenvalue weighted by molar-refractivity contribution is 5.94. The van der Waals surface area contributed by atoms with Gasteiger partial charge in [0.15, 0.2) is 0 Å². The quantitative estimate of drug-likeness (QED) is 0.615. The molecule has 1 amide bonds. The first-order valence-electron chi connectivity index (χ1n) is 8.75. The van der Waals surface area contributed by atoms with Crippen LogP contribution in [0.25, 0.3) is 0 Å². The number of carbonyl (C=O) groups is 1. The van der Waals surface area contributed by atoms with Gasteiger partial charge < -0.3 is 14.4 Å². The van der Waals surface area contributed by atoms with Crippen molar-refractivity contribution in [2.45, 2.75) is 32.1 Å². The molecule has 2 aliphatic rings. The van der Waals surface area contributed by atoms with Crippen molar-refractivity contribution >= 4 is 5.91 Å². The predicted octanol–water partition coefficient (Wildman–Crippen LogP) is 3.07. The predicted molar refractivity (Wildman–Crippen MR) is 92.2 cm³/mol. The van der Waals surface area contributed by atoms with Crippen LogP contribution in [-0.2, 0) is 4.74 Å². The second kappa shape index (κ2) is 7.79. The van der Waals surface area contributed by atoms with Gasteiger partial charge in [-0.25, -0.2) is 4.98 Å². The Labute approximate surface area is 143 Å². The standard InChI is InChI=1S/C19H26N2O3/c1-23-12-13-24-17-14-16(6-10-20-17)18(22)21-11-5-9-19(15-21)7-3-2-4-8-19/h2-3,6,10,14H,4-5,7-9,11-13,15H2,1H3. The lowest BCUT2D eigenvalue weighted by Crippen LogP contribution is -2.46. The van der Waals surface area contributed by atoms with Crippen LogP contribution in [0.3, 0.4) is 0 Å². The third-order valence-corrected chi connectivity index (χ3v) is 5.03. The Balaban J connectivity index is 1.67. The SMILES string of the molecule is COCCOc1cc(C(=O)N2CCCC3(CC=CCC3)C2)ccn1. The third kappa shape index (κ3) is 3.96. The minimum absolute atomic E-state index is 0.0858. The molecule has 1 aliphatic carbocycles. The van der Waals surface area contributed by atoms with Crippen molar-refractivity contribution in [1.82, 2.24) is 9.88 Å². The highest BCUT2D eigenvalue weighted by atomic mass is 16.5. The molecule has 0 N–H and O–H groups in total. The van der Waals surface area contributed by atoms with Crippen molar-refractivity contribution in [3.63, 3.8) is 0 Å². The maximum absolute atomic E-state index is 12.9. The Morgan fingerprint density at radius 1 is 1.33 bits per heavy atom. The molecule has 1 unspecified atom stereocenters. The van der Waals surface area contributed by atoms with Crippen LogP contribution in [0.4, 0.5) is 0 Å². The van der Waals surface area contributed by atoms with Gasteiger partial charge in [0.2, 0.25) is 5.88 Å². The molecule has 3 rings (SSSR count). The molecule has 130 valence electrons. The molecule has 1 spiro atoms. The Hall–Kier alpha value is -1.88. The molecule has 2 heterocycles. The molecule has 1 atom stereocenters. The summed E-state index contributed by atoms with van der Waals surface area (Å²) >= 11 is 0. The number of hydrogen-bond donors (Lipinski definition) is 0. The lowest BCUT2D eigenvalue weighted by atomic mass is 9.71. The topological polar surface area (TPSA) is 51.7 Å². The number of carbonyl (C=O) groups excluding carboxylic acids is 1. The fourth-order valence-corrected chi connectivity index (χ4v) is 3.73. The second-order valence-electron chi connectivity index (χ2n) is 6.77. The summed E-state index contributed by atoms with van der Waals surface area (Å²) in [5, 5.41) is 0. The number of hydrogen-bond acceptors (Lipinski definition) is 4. The molecule has 0 bridgehead atoms. The van der Waals surface area contributed by atoms with E-state index in [1.165, 1.54) is 12.8 Å². The average molecular weight is 330 g/mol. The van der Waals surface area contributed by atoms with Crippen LogP contribution in [0.2, 0.25) is 0 Å². The number of likely N-dealkylation sites (tertiary alicyclic amines) is 1. The van der Waals surface area contributed by atoms with Crippen LogP contribution in [0.1, 0.15) is 42.5 Å². The Bertz CT molecular complexity index is 602. The normalized spacial score (nSPS) is 23.5. The van der Waals surface area contributed by atoms with E-state index in [0.29, 0.717) is 24.7 Å². The van der Waals surface area contributed by atoms with Crippen LogP contribution in [0, 0.1) is 5.41 Å². The van der Waals surface area contributed by atoms with Crippen molar-refractivity contribution in [3.05, 3.63) is 36.0 Å². The first-order chi connectivity index (χ1) is 11.7. The summed E-state index contributed by atoms with van der Waals surface area (Å²) in [5.41, 5.74) is 0.939. The van der Waals surface area contributed by atoms with E-state index < -0.39 is 0 Å². The summed E-state index contributed by atoms with van der Waals surface area (Å²) in [6.07, 6.45) is 11.9. The lowest BCUT2D eigenvalue weighted by Gasteiger charge is -2.44. The summed E-state index contributed by atoms with van der Waals surface area (Å²) < 4.78 is 10.5. The van der Waals surface area contributed by atoms with E-state index in [9.17, 15) is 4.79 Å². The van der Waals surface area contributed by atoms with Gasteiger partial charge in [0.25, 0.3) is 5.91 Å². The summed E-state index contributed by atoms with van der Waals surface area (Å²) in [7, 11) is 1.63. The number of nitrogens with zero attached hydrogens (tertiary/aromatic N) is 2. The van der Waals surface area contributed by atoms with Gasteiger partial charge in [0.1, 0.15) is 6.61 Å². The average Bonchev–Trinajstić information content (AvgIpc) is 2.62. The molecule has 5 heteroatoms. The molecule has 1 saturated heterocycles. The van der Waals surface area contributed by atoms with Crippen molar-refractivity contribution in [1.29, 1.82) is 0 Å². The molecule has 1 fully saturated rings. The zero-order valence-electron chi connectivity index (χ0n) is 14.4. The molecule has 1 aromatic rings. The van der Waals surface area contributed by atoms with Crippen molar-refractivity contribution in [3.8, 4) is 5.88 Å². The van der Waals surface area contributed by atoms with E-state index in [4.69, 9.17) is 9.47 Å². The summed E-state index contributed by atoms with van der Waals surface area (Å²) in [6, 6.07) is 3.51. The van der Waals surface area contributed by atoms with Gasteiger partial charge in [0, 0.05) is 38.0 Å². The Morgan fingerprint density at radius 2 is 2.25 bits per heavy atom. The van der Waals surface area contributed by atoms with Crippen molar-refractivity contribution in [2.75, 3.05) is 33.4 Å². The van der Waals surface area contributed by atoms with E-state index in [-0.39, 0.29) is 11.3 Å².